The van der Waals surface area contributed by atoms with Crippen LogP contribution in [0, 0.1) is 13.8 Å². The molecule has 0 aliphatic carbocycles. The quantitative estimate of drug-likeness (QED) is 0.591. The Labute approximate surface area is 162 Å². The molecule has 0 amide bonds. The molecule has 0 radical (unpaired) electrons. The summed E-state index contributed by atoms with van der Waals surface area (Å²) in [5.74, 6) is 2.27. The van der Waals surface area contributed by atoms with E-state index in [0.717, 1.165) is 54.2 Å². The van der Waals surface area contributed by atoms with Crippen molar-refractivity contribution >= 4 is 11.0 Å². The lowest BCUT2D eigenvalue weighted by molar-refractivity contribution is 0.372. The number of imidazole rings is 1. The van der Waals surface area contributed by atoms with Crippen LogP contribution in [-0.2, 0) is 25.9 Å². The van der Waals surface area contributed by atoms with Crippen LogP contribution < -0.4 is 5.32 Å². The molecule has 28 heavy (non-hydrogen) atoms. The Hall–Kier alpha value is -3.06. The normalized spacial score (nSPS) is 13.8. The van der Waals surface area contributed by atoms with Crippen molar-refractivity contribution < 1.29 is 4.52 Å². The van der Waals surface area contributed by atoms with Crippen molar-refractivity contribution in [2.75, 3.05) is 6.54 Å². The van der Waals surface area contributed by atoms with Gasteiger partial charge in [-0.25, -0.2) is 4.98 Å². The van der Waals surface area contributed by atoms with Crippen LogP contribution in [0.5, 0.6) is 0 Å². The Morgan fingerprint density at radius 1 is 1.18 bits per heavy atom. The lowest BCUT2D eigenvalue weighted by Crippen LogP contribution is -2.24. The third kappa shape index (κ3) is 2.88. The van der Waals surface area contributed by atoms with Crippen molar-refractivity contribution in [2.45, 2.75) is 39.8 Å². The molecule has 3 aromatic heterocycles. The molecule has 4 heterocycles. The Balaban J connectivity index is 1.42. The maximum absolute atomic E-state index is 5.58. The van der Waals surface area contributed by atoms with Gasteiger partial charge in [-0.15, -0.1) is 0 Å². The van der Waals surface area contributed by atoms with Gasteiger partial charge in [-0.2, -0.15) is 4.98 Å². The number of hydrogen-bond donors (Lipinski definition) is 1. The fourth-order valence-electron chi connectivity index (χ4n) is 4.01. The van der Waals surface area contributed by atoms with Crippen molar-refractivity contribution in [3.63, 3.8) is 0 Å². The van der Waals surface area contributed by atoms with Gasteiger partial charge in [0.25, 0.3) is 0 Å². The Bertz CT molecular complexity index is 1160. The molecule has 0 fully saturated rings. The third-order valence-electron chi connectivity index (χ3n) is 5.42. The molecule has 7 nitrogen and oxygen atoms in total. The van der Waals surface area contributed by atoms with Crippen LogP contribution in [0.3, 0.4) is 0 Å². The van der Waals surface area contributed by atoms with Gasteiger partial charge in [-0.1, -0.05) is 17.3 Å². The molecule has 0 saturated carbocycles. The molecular formula is C21H22N6O. The Morgan fingerprint density at radius 2 is 2.07 bits per heavy atom. The minimum Gasteiger partial charge on any atom is -0.339 e. The summed E-state index contributed by atoms with van der Waals surface area (Å²) in [5, 5.41) is 7.66. The highest BCUT2D eigenvalue weighted by Gasteiger charge is 2.21. The molecule has 0 unspecified atom stereocenters. The van der Waals surface area contributed by atoms with Gasteiger partial charge in [0.1, 0.15) is 5.82 Å². The first-order valence-corrected chi connectivity index (χ1v) is 9.63. The van der Waals surface area contributed by atoms with E-state index in [1.165, 1.54) is 11.1 Å². The highest BCUT2D eigenvalue weighted by Crippen LogP contribution is 2.28. The molecule has 0 saturated heterocycles. The monoisotopic (exact) mass is 374 g/mol. The number of pyridine rings is 1. The molecule has 0 bridgehead atoms. The summed E-state index contributed by atoms with van der Waals surface area (Å²) in [6, 6.07) is 8.17. The van der Waals surface area contributed by atoms with Crippen LogP contribution in [-0.4, -0.2) is 31.2 Å². The SMILES string of the molecule is Cc1ncc2c(c1-c1noc(CCn3c(C)nc4ccccc43)n1)CCNC2. The van der Waals surface area contributed by atoms with Gasteiger partial charge in [0.05, 0.1) is 11.0 Å². The van der Waals surface area contributed by atoms with E-state index in [2.05, 4.69) is 36.1 Å². The number of nitrogens with zero attached hydrogens (tertiary/aromatic N) is 5. The molecule has 0 spiro atoms. The summed E-state index contributed by atoms with van der Waals surface area (Å²) in [7, 11) is 0. The average molecular weight is 374 g/mol. The first kappa shape index (κ1) is 17.1. The summed E-state index contributed by atoms with van der Waals surface area (Å²) < 4.78 is 7.77. The predicted molar refractivity (Wildman–Crippen MR) is 106 cm³/mol. The highest BCUT2D eigenvalue weighted by molar-refractivity contribution is 5.75. The lowest BCUT2D eigenvalue weighted by Gasteiger charge is -2.19. The number of benzene rings is 1. The minimum atomic E-state index is 0.637. The standard InChI is InChI=1S/C21H22N6O/c1-13-20(16-7-9-22-11-15(16)12-23-13)21-25-19(28-26-21)8-10-27-14(2)24-17-5-3-4-6-18(17)27/h3-6,12,22H,7-11H2,1-2H3. The molecule has 1 aliphatic rings. The average Bonchev–Trinajstić information content (AvgIpc) is 3.30. The zero-order valence-electron chi connectivity index (χ0n) is 16.1. The van der Waals surface area contributed by atoms with Crippen molar-refractivity contribution in [1.29, 1.82) is 0 Å². The van der Waals surface area contributed by atoms with E-state index in [4.69, 9.17) is 4.52 Å². The van der Waals surface area contributed by atoms with E-state index < -0.39 is 0 Å². The molecule has 142 valence electrons. The van der Waals surface area contributed by atoms with E-state index in [1.54, 1.807) is 0 Å². The van der Waals surface area contributed by atoms with Gasteiger partial charge in [-0.05, 0) is 50.1 Å². The van der Waals surface area contributed by atoms with Gasteiger partial charge in [-0.3, -0.25) is 4.98 Å². The second-order valence-corrected chi connectivity index (χ2v) is 7.21. The van der Waals surface area contributed by atoms with E-state index in [-0.39, 0.29) is 0 Å². The largest absolute Gasteiger partial charge is 0.339 e. The van der Waals surface area contributed by atoms with Crippen LogP contribution in [0.4, 0.5) is 0 Å². The second kappa shape index (κ2) is 6.83. The molecule has 4 aromatic rings. The zero-order valence-corrected chi connectivity index (χ0v) is 16.1. The number of aromatic nitrogens is 5. The molecular weight excluding hydrogens is 352 g/mol. The fourth-order valence-corrected chi connectivity index (χ4v) is 4.01. The number of hydrogen-bond acceptors (Lipinski definition) is 6. The minimum absolute atomic E-state index is 0.637. The Morgan fingerprint density at radius 3 is 3.00 bits per heavy atom. The van der Waals surface area contributed by atoms with Crippen molar-refractivity contribution in [1.82, 2.24) is 30.0 Å². The second-order valence-electron chi connectivity index (χ2n) is 7.21. The third-order valence-corrected chi connectivity index (χ3v) is 5.42. The molecule has 1 aliphatic heterocycles. The molecule has 1 aromatic carbocycles. The van der Waals surface area contributed by atoms with Crippen LogP contribution in [0.2, 0.25) is 0 Å². The summed E-state index contributed by atoms with van der Waals surface area (Å²) in [6.07, 6.45) is 3.57. The summed E-state index contributed by atoms with van der Waals surface area (Å²) in [6.45, 7) is 6.59. The van der Waals surface area contributed by atoms with Gasteiger partial charge in [0.15, 0.2) is 0 Å². The van der Waals surface area contributed by atoms with Crippen LogP contribution >= 0.6 is 0 Å². The fraction of sp³-hybridized carbons (Fsp3) is 0.333. The van der Waals surface area contributed by atoms with Gasteiger partial charge in [0, 0.05) is 37.0 Å². The van der Waals surface area contributed by atoms with Crippen molar-refractivity contribution in [3.05, 3.63) is 59.0 Å². The number of rotatable bonds is 4. The van der Waals surface area contributed by atoms with E-state index >= 15 is 0 Å². The Kier molecular flexibility index (Phi) is 4.16. The van der Waals surface area contributed by atoms with Gasteiger partial charge < -0.3 is 14.4 Å². The van der Waals surface area contributed by atoms with Crippen LogP contribution in [0.15, 0.2) is 35.0 Å². The molecule has 7 heteroatoms. The zero-order chi connectivity index (χ0) is 19.1. The predicted octanol–water partition coefficient (Wildman–Crippen LogP) is 2.99. The first-order valence-electron chi connectivity index (χ1n) is 9.63. The maximum Gasteiger partial charge on any atom is 0.228 e. The smallest absolute Gasteiger partial charge is 0.228 e. The van der Waals surface area contributed by atoms with E-state index in [9.17, 15) is 0 Å². The lowest BCUT2D eigenvalue weighted by atomic mass is 9.95. The van der Waals surface area contributed by atoms with E-state index in [0.29, 0.717) is 18.1 Å². The molecule has 5 rings (SSSR count). The number of para-hydroxylation sites is 2. The highest BCUT2D eigenvalue weighted by atomic mass is 16.5. The topological polar surface area (TPSA) is 81.7 Å². The van der Waals surface area contributed by atoms with Gasteiger partial charge in [0.2, 0.25) is 11.7 Å². The number of aryl methyl sites for hydroxylation is 4. The summed E-state index contributed by atoms with van der Waals surface area (Å²) in [5.41, 5.74) is 6.62. The van der Waals surface area contributed by atoms with E-state index in [1.807, 2.05) is 38.2 Å². The van der Waals surface area contributed by atoms with Crippen molar-refractivity contribution in [3.8, 4) is 11.4 Å². The first-order chi connectivity index (χ1) is 13.7. The maximum atomic E-state index is 5.58. The van der Waals surface area contributed by atoms with Crippen LogP contribution in [0.1, 0.15) is 28.5 Å². The molecule has 0 atom stereocenters. The van der Waals surface area contributed by atoms with Crippen molar-refractivity contribution in [2.24, 2.45) is 0 Å². The van der Waals surface area contributed by atoms with Gasteiger partial charge >= 0.3 is 0 Å². The summed E-state index contributed by atoms with van der Waals surface area (Å²) >= 11 is 0. The summed E-state index contributed by atoms with van der Waals surface area (Å²) in [4.78, 5) is 13.8. The number of fused-ring (bicyclic) bond motifs is 2. The van der Waals surface area contributed by atoms with Crippen LogP contribution in [0.25, 0.3) is 22.4 Å². The number of nitrogens with one attached hydrogen (secondary N) is 1. The molecule has 1 N–H and O–H groups in total.